The minimum Gasteiger partial charge on any atom is -0.208 e. The molecule has 0 fully saturated rings. The van der Waals surface area contributed by atoms with Gasteiger partial charge in [0.2, 0.25) is 0 Å². The Balaban J connectivity index is 1.30. The smallest absolute Gasteiger partial charge is 0.164 e. The summed E-state index contributed by atoms with van der Waals surface area (Å²) in [6.45, 7) is 0. The highest BCUT2D eigenvalue weighted by Crippen LogP contribution is 2.37. The van der Waals surface area contributed by atoms with Crippen molar-refractivity contribution in [1.82, 2.24) is 15.0 Å². The van der Waals surface area contributed by atoms with Crippen LogP contribution in [0, 0.1) is 0 Å². The van der Waals surface area contributed by atoms with Crippen LogP contribution in [0.1, 0.15) is 0 Å². The fraction of sp³-hybridized carbons (Fsp3) is 0. The molecule has 3 nitrogen and oxygen atoms in total. The van der Waals surface area contributed by atoms with Gasteiger partial charge in [-0.2, -0.15) is 0 Å². The quantitative estimate of drug-likeness (QED) is 0.194. The van der Waals surface area contributed by atoms with Crippen molar-refractivity contribution in [2.45, 2.75) is 0 Å². The van der Waals surface area contributed by atoms with Crippen LogP contribution in [0.25, 0.3) is 78.3 Å². The van der Waals surface area contributed by atoms with Gasteiger partial charge in [-0.25, -0.2) is 15.0 Å². The second-order valence-electron chi connectivity index (χ2n) is 11.3. The first-order chi connectivity index (χ1) is 22.8. The summed E-state index contributed by atoms with van der Waals surface area (Å²) >= 11 is 0. The second-order valence-corrected chi connectivity index (χ2v) is 11.3. The maximum Gasteiger partial charge on any atom is 0.164 e. The zero-order valence-electron chi connectivity index (χ0n) is 25.1. The Morgan fingerprint density at radius 1 is 0.239 bits per heavy atom. The number of benzene rings is 7. The third-order valence-electron chi connectivity index (χ3n) is 8.37. The number of nitrogens with zero attached hydrogens (tertiary/aromatic N) is 3. The fourth-order valence-corrected chi connectivity index (χ4v) is 6.02. The summed E-state index contributed by atoms with van der Waals surface area (Å²) in [7, 11) is 0. The minimum absolute atomic E-state index is 0.640. The van der Waals surface area contributed by atoms with Gasteiger partial charge in [-0.15, -0.1) is 0 Å². The number of hydrogen-bond acceptors (Lipinski definition) is 3. The van der Waals surface area contributed by atoms with E-state index in [1.165, 1.54) is 11.1 Å². The molecule has 0 radical (unpaired) electrons. The van der Waals surface area contributed by atoms with Crippen LogP contribution in [0.4, 0.5) is 0 Å². The summed E-state index contributed by atoms with van der Waals surface area (Å²) < 4.78 is 0. The number of fused-ring (bicyclic) bond motifs is 1. The van der Waals surface area contributed by atoms with Crippen LogP contribution in [-0.4, -0.2) is 15.0 Å². The van der Waals surface area contributed by atoms with Crippen molar-refractivity contribution in [3.8, 4) is 67.5 Å². The molecule has 7 aromatic carbocycles. The predicted molar refractivity (Wildman–Crippen MR) is 190 cm³/mol. The zero-order valence-corrected chi connectivity index (χ0v) is 25.1. The first kappa shape index (κ1) is 27.4. The summed E-state index contributed by atoms with van der Waals surface area (Å²) in [5.74, 6) is 1.93. The second kappa shape index (κ2) is 12.1. The molecule has 0 unspecified atom stereocenters. The molecule has 0 saturated heterocycles. The Kier molecular flexibility index (Phi) is 7.18. The lowest BCUT2D eigenvalue weighted by Gasteiger charge is -2.14. The largest absolute Gasteiger partial charge is 0.208 e. The molecule has 0 saturated carbocycles. The third kappa shape index (κ3) is 5.36. The van der Waals surface area contributed by atoms with E-state index in [1.807, 2.05) is 18.2 Å². The van der Waals surface area contributed by atoms with E-state index in [1.54, 1.807) is 0 Å². The molecule has 0 bridgehead atoms. The van der Waals surface area contributed by atoms with E-state index < -0.39 is 0 Å². The lowest BCUT2D eigenvalue weighted by molar-refractivity contribution is 1.08. The maximum atomic E-state index is 5.13. The van der Waals surface area contributed by atoms with Crippen molar-refractivity contribution in [3.05, 3.63) is 176 Å². The lowest BCUT2D eigenvalue weighted by Crippen LogP contribution is -2.01. The van der Waals surface area contributed by atoms with E-state index in [9.17, 15) is 0 Å². The van der Waals surface area contributed by atoms with E-state index in [2.05, 4.69) is 158 Å². The van der Waals surface area contributed by atoms with Gasteiger partial charge in [0.15, 0.2) is 17.5 Å². The highest BCUT2D eigenvalue weighted by molar-refractivity contribution is 6.05. The van der Waals surface area contributed by atoms with Crippen molar-refractivity contribution < 1.29 is 0 Å². The van der Waals surface area contributed by atoms with Crippen LogP contribution in [-0.2, 0) is 0 Å². The number of hydrogen-bond donors (Lipinski definition) is 0. The molecule has 216 valence electrons. The molecule has 0 spiro atoms. The summed E-state index contributed by atoms with van der Waals surface area (Å²) in [5.41, 5.74) is 9.81. The van der Waals surface area contributed by atoms with Gasteiger partial charge in [0.1, 0.15) is 0 Å². The van der Waals surface area contributed by atoms with E-state index in [4.69, 9.17) is 15.0 Å². The Hall–Kier alpha value is -6.19. The molecule has 1 aromatic heterocycles. The standard InChI is InChI=1S/C43H29N3/c1-4-12-30(13-5-1)32-22-26-36(27-23-32)41-44-42(37-28-24-33(25-29-37)31-14-6-2-7-15-31)46-43(45-41)39-21-11-19-35-18-10-20-38(40(35)39)34-16-8-3-9-17-34/h1-29H. The first-order valence-electron chi connectivity index (χ1n) is 15.5. The summed E-state index contributed by atoms with van der Waals surface area (Å²) in [6.07, 6.45) is 0. The van der Waals surface area contributed by atoms with Crippen LogP contribution < -0.4 is 0 Å². The van der Waals surface area contributed by atoms with E-state index >= 15 is 0 Å². The highest BCUT2D eigenvalue weighted by atomic mass is 15.0. The molecular weight excluding hydrogens is 558 g/mol. The molecule has 8 rings (SSSR count). The minimum atomic E-state index is 0.640. The molecular formula is C43H29N3. The molecule has 1 heterocycles. The van der Waals surface area contributed by atoms with E-state index in [0.717, 1.165) is 49.7 Å². The lowest BCUT2D eigenvalue weighted by atomic mass is 9.94. The van der Waals surface area contributed by atoms with Crippen LogP contribution in [0.15, 0.2) is 176 Å². The predicted octanol–water partition coefficient (Wildman–Crippen LogP) is 11.0. The first-order valence-corrected chi connectivity index (χ1v) is 15.5. The van der Waals surface area contributed by atoms with Crippen LogP contribution in [0.3, 0.4) is 0 Å². The van der Waals surface area contributed by atoms with E-state index in [0.29, 0.717) is 17.5 Å². The fourth-order valence-electron chi connectivity index (χ4n) is 6.02. The van der Waals surface area contributed by atoms with Gasteiger partial charge >= 0.3 is 0 Å². The molecule has 3 heteroatoms. The van der Waals surface area contributed by atoms with Crippen molar-refractivity contribution in [2.24, 2.45) is 0 Å². The molecule has 0 aliphatic rings. The van der Waals surface area contributed by atoms with Gasteiger partial charge in [-0.05, 0) is 38.8 Å². The Labute approximate surface area is 268 Å². The topological polar surface area (TPSA) is 38.7 Å². The highest BCUT2D eigenvalue weighted by Gasteiger charge is 2.17. The van der Waals surface area contributed by atoms with Crippen molar-refractivity contribution in [2.75, 3.05) is 0 Å². The number of aromatic nitrogens is 3. The molecule has 0 atom stereocenters. The normalized spacial score (nSPS) is 11.0. The Morgan fingerprint density at radius 3 is 1.09 bits per heavy atom. The summed E-state index contributed by atoms with van der Waals surface area (Å²) in [4.78, 5) is 15.3. The summed E-state index contributed by atoms with van der Waals surface area (Å²) in [5, 5.41) is 2.26. The Morgan fingerprint density at radius 2 is 0.609 bits per heavy atom. The molecule has 0 amide bonds. The molecule has 0 aliphatic carbocycles. The monoisotopic (exact) mass is 587 g/mol. The van der Waals surface area contributed by atoms with Gasteiger partial charge in [0, 0.05) is 22.1 Å². The van der Waals surface area contributed by atoms with Crippen molar-refractivity contribution in [1.29, 1.82) is 0 Å². The maximum absolute atomic E-state index is 5.13. The average molecular weight is 588 g/mol. The molecule has 0 aliphatic heterocycles. The zero-order chi connectivity index (χ0) is 30.7. The van der Waals surface area contributed by atoms with Gasteiger partial charge < -0.3 is 0 Å². The van der Waals surface area contributed by atoms with E-state index in [-0.39, 0.29) is 0 Å². The van der Waals surface area contributed by atoms with Crippen LogP contribution in [0.5, 0.6) is 0 Å². The van der Waals surface area contributed by atoms with Gasteiger partial charge in [0.25, 0.3) is 0 Å². The van der Waals surface area contributed by atoms with Gasteiger partial charge in [-0.3, -0.25) is 0 Å². The third-order valence-corrected chi connectivity index (χ3v) is 8.37. The van der Waals surface area contributed by atoms with Crippen LogP contribution in [0.2, 0.25) is 0 Å². The van der Waals surface area contributed by atoms with Crippen molar-refractivity contribution >= 4 is 10.8 Å². The molecule has 8 aromatic rings. The molecule has 0 N–H and O–H groups in total. The molecule has 46 heavy (non-hydrogen) atoms. The van der Waals surface area contributed by atoms with Gasteiger partial charge in [-0.1, -0.05) is 176 Å². The van der Waals surface area contributed by atoms with Crippen LogP contribution >= 0.6 is 0 Å². The van der Waals surface area contributed by atoms with Gasteiger partial charge in [0.05, 0.1) is 0 Å². The van der Waals surface area contributed by atoms with Crippen molar-refractivity contribution in [3.63, 3.8) is 0 Å². The average Bonchev–Trinajstić information content (AvgIpc) is 3.15. The Bertz CT molecular complexity index is 2160. The summed E-state index contributed by atoms with van der Waals surface area (Å²) in [6, 6.07) is 61.0. The SMILES string of the molecule is c1ccc(-c2ccc(-c3nc(-c4ccc(-c5ccccc5)cc4)nc(-c4cccc5cccc(-c6ccccc6)c45)n3)cc2)cc1. The number of rotatable bonds is 6.